The third kappa shape index (κ3) is 9.05. The summed E-state index contributed by atoms with van der Waals surface area (Å²) in [7, 11) is 3.26. The molecule has 0 saturated carbocycles. The number of hydrogen-bond donors (Lipinski definition) is 5. The Balaban J connectivity index is 1.09. The Morgan fingerprint density at radius 3 is 2.71 bits per heavy atom. The van der Waals surface area contributed by atoms with E-state index in [2.05, 4.69) is 59.6 Å². The van der Waals surface area contributed by atoms with Crippen LogP contribution in [0.3, 0.4) is 0 Å². The van der Waals surface area contributed by atoms with E-state index in [0.29, 0.717) is 49.6 Å². The van der Waals surface area contributed by atoms with Crippen LogP contribution in [0.15, 0.2) is 83.6 Å². The van der Waals surface area contributed by atoms with Gasteiger partial charge in [-0.1, -0.05) is 55.7 Å². The number of aryl methyl sites for hydroxylation is 3. The number of aliphatic hydroxyl groups excluding tert-OH is 2. The smallest absolute Gasteiger partial charge is 0.192 e. The number of phenols is 1. The van der Waals surface area contributed by atoms with Crippen molar-refractivity contribution in [3.05, 3.63) is 123 Å². The van der Waals surface area contributed by atoms with Crippen LogP contribution in [-0.4, -0.2) is 47.3 Å². The SMILES string of the molecule is CN=C(N)Nc1cccc(CCCC[C@@H]2C=CC(O)=C[C@H]2C[C@H]2CC(=O)CCc3ccc(OC)c(c3)OCc3c(CO)c4c5c(c(O)cc6c5c3C=C[C@@H]6C)[C@H](C#CO2)CC4)c1. The van der Waals surface area contributed by atoms with Crippen LogP contribution in [0.1, 0.15) is 108 Å². The summed E-state index contributed by atoms with van der Waals surface area (Å²) in [5, 5.41) is 38.6. The van der Waals surface area contributed by atoms with Gasteiger partial charge in [0.15, 0.2) is 17.5 Å². The fourth-order valence-corrected chi connectivity index (χ4v) is 9.88. The first-order valence-electron chi connectivity index (χ1n) is 21.9. The van der Waals surface area contributed by atoms with Gasteiger partial charge in [-0.05, 0) is 143 Å². The van der Waals surface area contributed by atoms with Gasteiger partial charge in [0.2, 0.25) is 0 Å². The summed E-state index contributed by atoms with van der Waals surface area (Å²) in [6.07, 6.45) is 19.1. The average molecular weight is 836 g/mol. The lowest BCUT2D eigenvalue weighted by Gasteiger charge is -2.32. The molecule has 3 aliphatic carbocycles. The number of ketones is 1. The van der Waals surface area contributed by atoms with E-state index in [1.54, 1.807) is 20.2 Å². The van der Waals surface area contributed by atoms with Crippen LogP contribution in [0.4, 0.5) is 5.69 Å². The second kappa shape index (κ2) is 18.8. The number of anilines is 1. The molecule has 9 rings (SSSR count). The molecule has 5 atom stereocenters. The predicted octanol–water partition coefficient (Wildman–Crippen LogP) is 9.44. The van der Waals surface area contributed by atoms with Gasteiger partial charge in [-0.3, -0.25) is 9.79 Å². The quantitative estimate of drug-likeness (QED) is 0.0455. The molecule has 5 aliphatic rings. The molecule has 10 nitrogen and oxygen atoms in total. The molecule has 2 aliphatic heterocycles. The van der Waals surface area contributed by atoms with Gasteiger partial charge in [-0.25, -0.2) is 0 Å². The molecular weight excluding hydrogens is 779 g/mol. The molecule has 0 saturated heterocycles. The Kier molecular flexibility index (Phi) is 12.9. The molecule has 322 valence electrons. The Morgan fingerprint density at radius 2 is 1.89 bits per heavy atom. The molecular formula is C52H57N3O7. The van der Waals surface area contributed by atoms with Crippen molar-refractivity contribution >= 4 is 34.3 Å². The maximum atomic E-state index is 13.8. The zero-order valence-electron chi connectivity index (χ0n) is 35.9. The minimum Gasteiger partial charge on any atom is -0.508 e. The maximum Gasteiger partial charge on any atom is 0.192 e. The van der Waals surface area contributed by atoms with E-state index in [0.717, 1.165) is 81.1 Å². The first-order valence-corrected chi connectivity index (χ1v) is 21.9. The summed E-state index contributed by atoms with van der Waals surface area (Å²) in [6.45, 7) is 2.15. The Bertz CT molecular complexity index is 2540. The van der Waals surface area contributed by atoms with Crippen molar-refractivity contribution < 1.29 is 34.3 Å². The zero-order valence-corrected chi connectivity index (χ0v) is 35.9. The van der Waals surface area contributed by atoms with E-state index in [1.807, 2.05) is 42.5 Å². The number of aliphatic imine (C=N–C) groups is 1. The van der Waals surface area contributed by atoms with E-state index < -0.39 is 6.10 Å². The summed E-state index contributed by atoms with van der Waals surface area (Å²) in [6, 6.07) is 15.9. The lowest BCUT2D eigenvalue weighted by Crippen LogP contribution is -2.24. The van der Waals surface area contributed by atoms with E-state index in [1.165, 1.54) is 5.56 Å². The number of ether oxygens (including phenoxy) is 3. The second-order valence-electron chi connectivity index (χ2n) is 17.1. The largest absolute Gasteiger partial charge is 0.508 e. The number of Topliss-reactive ketones (excluding diaryl/α,β-unsaturated/α-hetero) is 1. The van der Waals surface area contributed by atoms with E-state index in [9.17, 15) is 20.1 Å². The zero-order chi connectivity index (χ0) is 43.3. The fourth-order valence-electron chi connectivity index (χ4n) is 9.88. The summed E-state index contributed by atoms with van der Waals surface area (Å²) in [4.78, 5) is 17.8. The number of carbonyl (C=O) groups excluding carboxylic acids is 1. The van der Waals surface area contributed by atoms with Crippen molar-refractivity contribution in [2.24, 2.45) is 22.6 Å². The molecule has 0 radical (unpaired) electrons. The van der Waals surface area contributed by atoms with Gasteiger partial charge in [-0.15, -0.1) is 0 Å². The number of aromatic hydroxyl groups is 1. The third-order valence-corrected chi connectivity index (χ3v) is 13.1. The van der Waals surface area contributed by atoms with Gasteiger partial charge < -0.3 is 40.6 Å². The number of guanidine groups is 1. The van der Waals surface area contributed by atoms with Crippen molar-refractivity contribution in [3.8, 4) is 29.3 Å². The molecule has 0 fully saturated rings. The second-order valence-corrected chi connectivity index (χ2v) is 17.1. The number of methoxy groups -OCH3 is 1. The molecule has 8 bridgehead atoms. The van der Waals surface area contributed by atoms with Crippen molar-refractivity contribution in [2.45, 2.75) is 102 Å². The summed E-state index contributed by atoms with van der Waals surface area (Å²) >= 11 is 0. The van der Waals surface area contributed by atoms with Gasteiger partial charge in [0, 0.05) is 42.6 Å². The number of carbonyl (C=O) groups is 1. The number of rotatable bonds is 10. The molecule has 0 spiro atoms. The monoisotopic (exact) mass is 835 g/mol. The van der Waals surface area contributed by atoms with E-state index in [-0.39, 0.29) is 60.6 Å². The van der Waals surface area contributed by atoms with Gasteiger partial charge in [0.1, 0.15) is 36.1 Å². The average Bonchev–Trinajstić information content (AvgIpc) is 3.27. The van der Waals surface area contributed by atoms with Gasteiger partial charge in [-0.2, -0.15) is 0 Å². The number of nitrogens with zero attached hydrogens (tertiary/aromatic N) is 1. The number of phenolic OH excluding ortho intramolecular Hbond substituents is 1. The van der Waals surface area contributed by atoms with E-state index in [4.69, 9.17) is 19.9 Å². The molecule has 4 aromatic carbocycles. The number of nitrogens with one attached hydrogen (secondary N) is 1. The molecule has 4 aromatic rings. The molecule has 0 unspecified atom stereocenters. The summed E-state index contributed by atoms with van der Waals surface area (Å²) in [5.41, 5.74) is 14.4. The molecule has 10 heteroatoms. The molecule has 6 N–H and O–H groups in total. The normalized spacial score (nSPS) is 21.9. The highest BCUT2D eigenvalue weighted by molar-refractivity contribution is 6.03. The highest BCUT2D eigenvalue weighted by Crippen LogP contribution is 2.50. The number of aliphatic hydroxyl groups is 2. The lowest BCUT2D eigenvalue weighted by molar-refractivity contribution is -0.121. The van der Waals surface area contributed by atoms with Crippen LogP contribution in [0.5, 0.6) is 17.2 Å². The van der Waals surface area contributed by atoms with Crippen molar-refractivity contribution in [3.63, 3.8) is 0 Å². The van der Waals surface area contributed by atoms with Crippen LogP contribution in [0.2, 0.25) is 0 Å². The summed E-state index contributed by atoms with van der Waals surface area (Å²) in [5.74, 6) is 5.17. The van der Waals surface area contributed by atoms with Crippen molar-refractivity contribution in [1.29, 1.82) is 0 Å². The first kappa shape index (κ1) is 42.5. The standard InChI is InChI=1S/C52H57N3O7/c1-31-11-18-42-45-30-62-48-24-33(13-20-47(48)60-3)12-16-39(58)27-40(61-22-21-35-15-19-41(44(45)29-56)51-49(35)46(59)28-43(31)50(42)51)26-36-25-38(57)17-14-34(36)9-5-4-7-32-8-6-10-37(23-32)55-52(53)54-2/h6,8,10-11,13-14,17-18,20,23-25,28,31,34-36,40,56-57,59H,4-5,7,9,12,15-16,19,26-27,29-30H2,1-3H3,(H3,53,54,55)/t31-,34+,35-,36-,40-/m0/s1. The Hall–Kier alpha value is -6.18. The van der Waals surface area contributed by atoms with Gasteiger partial charge in [0.25, 0.3) is 0 Å². The summed E-state index contributed by atoms with van der Waals surface area (Å²) < 4.78 is 18.7. The lowest BCUT2D eigenvalue weighted by atomic mass is 9.73. The third-order valence-electron chi connectivity index (χ3n) is 13.1. The Labute approximate surface area is 364 Å². The minimum atomic E-state index is -0.525. The molecule has 2 heterocycles. The molecule has 62 heavy (non-hydrogen) atoms. The predicted molar refractivity (Wildman–Crippen MR) is 245 cm³/mol. The fraction of sp³-hybridized carbons (Fsp3) is 0.385. The van der Waals surface area contributed by atoms with E-state index >= 15 is 0 Å². The number of unbranched alkanes of at least 4 members (excludes halogenated alkanes) is 1. The minimum absolute atomic E-state index is 0.0547. The number of benzene rings is 4. The van der Waals surface area contributed by atoms with Crippen LogP contribution < -0.4 is 20.5 Å². The van der Waals surface area contributed by atoms with Crippen LogP contribution in [0, 0.1) is 23.9 Å². The topological polar surface area (TPSA) is 156 Å². The van der Waals surface area contributed by atoms with Crippen LogP contribution in [-0.2, 0) is 42.0 Å². The number of hydrogen-bond acceptors (Lipinski definition) is 8. The van der Waals surface area contributed by atoms with Crippen LogP contribution in [0.25, 0.3) is 16.8 Å². The van der Waals surface area contributed by atoms with Crippen molar-refractivity contribution in [2.75, 3.05) is 19.5 Å². The van der Waals surface area contributed by atoms with Crippen LogP contribution >= 0.6 is 0 Å². The number of allylic oxidation sites excluding steroid dienone is 4. The highest BCUT2D eigenvalue weighted by Gasteiger charge is 2.33. The number of fused-ring (bicyclic) bond motifs is 7. The highest BCUT2D eigenvalue weighted by atomic mass is 16.5. The maximum absolute atomic E-state index is 13.8. The first-order chi connectivity index (χ1) is 30.1. The van der Waals surface area contributed by atoms with Crippen molar-refractivity contribution in [1.82, 2.24) is 0 Å². The number of nitrogens with two attached hydrogens (primary N) is 1. The molecule has 0 aromatic heterocycles. The Morgan fingerprint density at radius 1 is 1.02 bits per heavy atom. The van der Waals surface area contributed by atoms with Gasteiger partial charge >= 0.3 is 0 Å². The molecule has 0 amide bonds. The van der Waals surface area contributed by atoms with Gasteiger partial charge in [0.05, 0.1) is 19.6 Å².